The Labute approximate surface area is 79.9 Å². The summed E-state index contributed by atoms with van der Waals surface area (Å²) in [4.78, 5) is 0. The van der Waals surface area contributed by atoms with Crippen LogP contribution in [0, 0.1) is 11.6 Å². The maximum atomic E-state index is 14.0. The van der Waals surface area contributed by atoms with Gasteiger partial charge in [-0.3, -0.25) is 0 Å². The van der Waals surface area contributed by atoms with Crippen molar-refractivity contribution in [1.29, 1.82) is 0 Å². The van der Waals surface area contributed by atoms with Crippen LogP contribution in [0.3, 0.4) is 0 Å². The molecule has 1 N–H and O–H groups in total. The first kappa shape index (κ1) is 9.52. The molecule has 0 aromatic heterocycles. The summed E-state index contributed by atoms with van der Waals surface area (Å²) in [7, 11) is 0. The van der Waals surface area contributed by atoms with Crippen LogP contribution in [0.5, 0.6) is 0 Å². The molecule has 0 spiro atoms. The van der Waals surface area contributed by atoms with Gasteiger partial charge in [0.2, 0.25) is 0 Å². The zero-order valence-corrected chi connectivity index (χ0v) is 7.49. The van der Waals surface area contributed by atoms with Gasteiger partial charge in [0.1, 0.15) is 17.3 Å². The SMILES string of the molecule is Fc1cc(F)cc([C@@]2(F)CCNC2)c1. The molecule has 0 bridgehead atoms. The molecule has 4 heteroatoms. The molecule has 1 aliphatic heterocycles. The first-order chi connectivity index (χ1) is 6.60. The number of alkyl halides is 1. The average molecular weight is 201 g/mol. The Hall–Kier alpha value is -1.03. The van der Waals surface area contributed by atoms with Crippen molar-refractivity contribution in [3.8, 4) is 0 Å². The second-order valence-electron chi connectivity index (χ2n) is 3.55. The smallest absolute Gasteiger partial charge is 0.149 e. The summed E-state index contributed by atoms with van der Waals surface area (Å²) in [5, 5.41) is 2.83. The molecule has 76 valence electrons. The van der Waals surface area contributed by atoms with Gasteiger partial charge in [-0.15, -0.1) is 0 Å². The summed E-state index contributed by atoms with van der Waals surface area (Å²) < 4.78 is 39.7. The van der Waals surface area contributed by atoms with Crippen molar-refractivity contribution in [2.45, 2.75) is 12.1 Å². The molecule has 1 aromatic rings. The number of halogens is 3. The minimum absolute atomic E-state index is 0.0833. The zero-order valence-electron chi connectivity index (χ0n) is 7.49. The topological polar surface area (TPSA) is 12.0 Å². The van der Waals surface area contributed by atoms with Crippen LogP contribution in [0.2, 0.25) is 0 Å². The molecule has 1 aliphatic rings. The lowest BCUT2D eigenvalue weighted by molar-refractivity contribution is 0.192. The maximum Gasteiger partial charge on any atom is 0.149 e. The van der Waals surface area contributed by atoms with Crippen molar-refractivity contribution in [2.24, 2.45) is 0 Å². The van der Waals surface area contributed by atoms with Gasteiger partial charge in [0.05, 0.1) is 0 Å². The number of rotatable bonds is 1. The monoisotopic (exact) mass is 201 g/mol. The number of hydrogen-bond acceptors (Lipinski definition) is 1. The molecule has 0 unspecified atom stereocenters. The van der Waals surface area contributed by atoms with Gasteiger partial charge < -0.3 is 5.32 Å². The van der Waals surface area contributed by atoms with Crippen molar-refractivity contribution in [1.82, 2.24) is 5.32 Å². The Balaban J connectivity index is 2.40. The molecular weight excluding hydrogens is 191 g/mol. The van der Waals surface area contributed by atoms with Crippen LogP contribution in [0.15, 0.2) is 18.2 Å². The molecule has 1 aromatic carbocycles. The summed E-state index contributed by atoms with van der Waals surface area (Å²) in [5.41, 5.74) is -1.54. The third kappa shape index (κ3) is 1.62. The third-order valence-corrected chi connectivity index (χ3v) is 2.48. The first-order valence-corrected chi connectivity index (χ1v) is 4.46. The highest BCUT2D eigenvalue weighted by Gasteiger charge is 2.36. The summed E-state index contributed by atoms with van der Waals surface area (Å²) in [5.74, 6) is -1.46. The van der Waals surface area contributed by atoms with E-state index in [0.29, 0.717) is 6.54 Å². The molecule has 0 radical (unpaired) electrons. The van der Waals surface area contributed by atoms with Crippen molar-refractivity contribution in [3.63, 3.8) is 0 Å². The van der Waals surface area contributed by atoms with Crippen LogP contribution >= 0.6 is 0 Å². The molecule has 1 saturated heterocycles. The van der Waals surface area contributed by atoms with E-state index in [-0.39, 0.29) is 18.5 Å². The second kappa shape index (κ2) is 3.28. The van der Waals surface area contributed by atoms with Crippen molar-refractivity contribution >= 4 is 0 Å². The van der Waals surface area contributed by atoms with E-state index in [1.807, 2.05) is 0 Å². The van der Waals surface area contributed by atoms with Gasteiger partial charge >= 0.3 is 0 Å². The Bertz CT molecular complexity index is 325. The normalized spacial score (nSPS) is 26.8. The minimum Gasteiger partial charge on any atom is -0.313 e. The van der Waals surface area contributed by atoms with Crippen LogP contribution in [0.25, 0.3) is 0 Å². The second-order valence-corrected chi connectivity index (χ2v) is 3.55. The molecule has 0 aliphatic carbocycles. The van der Waals surface area contributed by atoms with Crippen LogP contribution in [0.4, 0.5) is 13.2 Å². The van der Waals surface area contributed by atoms with Gasteiger partial charge in [-0.2, -0.15) is 0 Å². The Kier molecular flexibility index (Phi) is 2.23. The van der Waals surface area contributed by atoms with Crippen molar-refractivity contribution < 1.29 is 13.2 Å². The van der Waals surface area contributed by atoms with E-state index in [0.717, 1.165) is 18.2 Å². The van der Waals surface area contributed by atoms with Gasteiger partial charge in [0, 0.05) is 12.6 Å². The quantitative estimate of drug-likeness (QED) is 0.733. The number of nitrogens with one attached hydrogen (secondary N) is 1. The van der Waals surface area contributed by atoms with Gasteiger partial charge in [-0.1, -0.05) is 0 Å². The van der Waals surface area contributed by atoms with Crippen LogP contribution in [0.1, 0.15) is 12.0 Å². The fourth-order valence-electron chi connectivity index (χ4n) is 1.72. The summed E-state index contributed by atoms with van der Waals surface area (Å²) in [6, 6.07) is 2.85. The zero-order chi connectivity index (χ0) is 10.2. The van der Waals surface area contributed by atoms with E-state index in [1.54, 1.807) is 0 Å². The van der Waals surface area contributed by atoms with Gasteiger partial charge in [0.25, 0.3) is 0 Å². The van der Waals surface area contributed by atoms with Crippen molar-refractivity contribution in [2.75, 3.05) is 13.1 Å². The molecule has 1 fully saturated rings. The lowest BCUT2D eigenvalue weighted by Crippen LogP contribution is -2.23. The minimum atomic E-state index is -1.62. The number of hydrogen-bond donors (Lipinski definition) is 1. The highest BCUT2D eigenvalue weighted by molar-refractivity contribution is 5.26. The average Bonchev–Trinajstić information content (AvgIpc) is 2.52. The largest absolute Gasteiger partial charge is 0.313 e. The molecule has 0 saturated carbocycles. The molecule has 1 atom stereocenters. The molecular formula is C10H10F3N. The van der Waals surface area contributed by atoms with E-state index < -0.39 is 17.3 Å². The number of benzene rings is 1. The third-order valence-electron chi connectivity index (χ3n) is 2.48. The fraction of sp³-hybridized carbons (Fsp3) is 0.400. The predicted octanol–water partition coefficient (Wildman–Crippen LogP) is 2.12. The fourth-order valence-corrected chi connectivity index (χ4v) is 1.72. The van der Waals surface area contributed by atoms with E-state index in [9.17, 15) is 13.2 Å². The lowest BCUT2D eigenvalue weighted by Gasteiger charge is -2.18. The Morgan fingerprint density at radius 3 is 2.29 bits per heavy atom. The van der Waals surface area contributed by atoms with Crippen LogP contribution < -0.4 is 5.32 Å². The van der Waals surface area contributed by atoms with E-state index >= 15 is 0 Å². The van der Waals surface area contributed by atoms with Crippen LogP contribution in [-0.2, 0) is 5.67 Å². The molecule has 2 rings (SSSR count). The van der Waals surface area contributed by atoms with Crippen molar-refractivity contribution in [3.05, 3.63) is 35.4 Å². The molecule has 0 amide bonds. The molecule has 1 heterocycles. The van der Waals surface area contributed by atoms with E-state index in [2.05, 4.69) is 5.32 Å². The lowest BCUT2D eigenvalue weighted by atomic mass is 9.95. The van der Waals surface area contributed by atoms with Gasteiger partial charge in [0.15, 0.2) is 0 Å². The predicted molar refractivity (Wildman–Crippen MR) is 46.6 cm³/mol. The van der Waals surface area contributed by atoms with E-state index in [4.69, 9.17) is 0 Å². The Morgan fingerprint density at radius 2 is 1.79 bits per heavy atom. The van der Waals surface area contributed by atoms with E-state index in [1.165, 1.54) is 0 Å². The maximum absolute atomic E-state index is 14.0. The van der Waals surface area contributed by atoms with Gasteiger partial charge in [-0.05, 0) is 30.7 Å². The van der Waals surface area contributed by atoms with Gasteiger partial charge in [-0.25, -0.2) is 13.2 Å². The molecule has 14 heavy (non-hydrogen) atoms. The highest BCUT2D eigenvalue weighted by Crippen LogP contribution is 2.32. The first-order valence-electron chi connectivity index (χ1n) is 4.46. The van der Waals surface area contributed by atoms with Crippen LogP contribution in [-0.4, -0.2) is 13.1 Å². The Morgan fingerprint density at radius 1 is 1.14 bits per heavy atom. The standard InChI is InChI=1S/C10H10F3N/c11-8-3-7(4-9(12)5-8)10(13)1-2-14-6-10/h3-5,14H,1-2,6H2/t10-/m1/s1. The summed E-state index contributed by atoms with van der Waals surface area (Å²) >= 11 is 0. The summed E-state index contributed by atoms with van der Waals surface area (Å²) in [6.07, 6.45) is 0.260. The highest BCUT2D eigenvalue weighted by atomic mass is 19.1. The summed E-state index contributed by atoms with van der Waals surface area (Å²) in [6.45, 7) is 0.657. The molecule has 1 nitrogen and oxygen atoms in total.